The monoisotopic (exact) mass is 371 g/mol. The number of piperidine rings is 1. The predicted molar refractivity (Wildman–Crippen MR) is 86.7 cm³/mol. The highest BCUT2D eigenvalue weighted by Crippen LogP contribution is 2.29. The van der Waals surface area contributed by atoms with Crippen molar-refractivity contribution in [2.24, 2.45) is 0 Å². The van der Waals surface area contributed by atoms with Crippen molar-refractivity contribution < 1.29 is 8.42 Å². The van der Waals surface area contributed by atoms with Crippen LogP contribution in [0, 0.1) is 11.3 Å². The average molecular weight is 372 g/mol. The lowest BCUT2D eigenvalue weighted by atomic mass is 10.1. The third kappa shape index (κ3) is 4.19. The zero-order valence-corrected chi connectivity index (χ0v) is 14.2. The Kier molecular flexibility index (Phi) is 5.25. The quantitative estimate of drug-likeness (QED) is 0.880. The summed E-state index contributed by atoms with van der Waals surface area (Å²) in [5.41, 5.74) is 1.67. The number of nitrogens with zero attached hydrogens (tertiary/aromatic N) is 2. The van der Waals surface area contributed by atoms with Crippen molar-refractivity contribution in [3.8, 4) is 6.07 Å². The lowest BCUT2D eigenvalue weighted by molar-refractivity contribution is 0.460. The fourth-order valence-electron chi connectivity index (χ4n) is 2.41. The molecule has 1 aliphatic rings. The zero-order chi connectivity index (χ0) is 15.5. The van der Waals surface area contributed by atoms with Crippen molar-refractivity contribution in [3.05, 3.63) is 28.2 Å². The van der Waals surface area contributed by atoms with Crippen LogP contribution in [0.4, 0.5) is 5.69 Å². The van der Waals surface area contributed by atoms with E-state index in [1.54, 1.807) is 19.1 Å². The van der Waals surface area contributed by atoms with Crippen LogP contribution >= 0.6 is 15.9 Å². The third-order valence-electron chi connectivity index (χ3n) is 3.64. The second kappa shape index (κ2) is 6.77. The van der Waals surface area contributed by atoms with Gasteiger partial charge in [0.05, 0.1) is 23.1 Å². The van der Waals surface area contributed by atoms with Gasteiger partial charge in [-0.2, -0.15) is 5.26 Å². The predicted octanol–water partition coefficient (Wildman–Crippen LogP) is 2.23. The molecule has 0 spiro atoms. The Morgan fingerprint density at radius 2 is 2.10 bits per heavy atom. The van der Waals surface area contributed by atoms with Gasteiger partial charge in [-0.15, -0.1) is 0 Å². The zero-order valence-electron chi connectivity index (χ0n) is 11.8. The van der Waals surface area contributed by atoms with Gasteiger partial charge in [0.1, 0.15) is 0 Å². The smallest absolute Gasteiger partial charge is 0.211 e. The van der Waals surface area contributed by atoms with Gasteiger partial charge in [-0.1, -0.05) is 0 Å². The van der Waals surface area contributed by atoms with E-state index < -0.39 is 10.0 Å². The summed E-state index contributed by atoms with van der Waals surface area (Å²) in [7, 11) is -3.13. The summed E-state index contributed by atoms with van der Waals surface area (Å²) in [6.07, 6.45) is 1.57. The molecule has 7 heteroatoms. The topological polar surface area (TPSA) is 73.2 Å². The first-order valence-corrected chi connectivity index (χ1v) is 9.34. The van der Waals surface area contributed by atoms with Crippen LogP contribution in [0.5, 0.6) is 0 Å². The average Bonchev–Trinajstić information content (AvgIpc) is 2.48. The van der Waals surface area contributed by atoms with Gasteiger partial charge < -0.3 is 4.90 Å². The summed E-state index contributed by atoms with van der Waals surface area (Å²) < 4.78 is 26.8. The highest BCUT2D eigenvalue weighted by Gasteiger charge is 2.23. The van der Waals surface area contributed by atoms with E-state index in [1.807, 2.05) is 6.07 Å². The molecule has 21 heavy (non-hydrogen) atoms. The summed E-state index contributed by atoms with van der Waals surface area (Å²) in [4.78, 5) is 2.21. The lowest BCUT2D eigenvalue weighted by Gasteiger charge is -2.34. The molecule has 114 valence electrons. The third-order valence-corrected chi connectivity index (χ3v) is 5.73. The highest BCUT2D eigenvalue weighted by molar-refractivity contribution is 9.10. The summed E-state index contributed by atoms with van der Waals surface area (Å²) in [5.74, 6) is 0.119. The Hall–Kier alpha value is -1.10. The fourth-order valence-corrected chi connectivity index (χ4v) is 3.95. The molecule has 0 saturated carbocycles. The number of anilines is 1. The molecular weight excluding hydrogens is 354 g/mol. The van der Waals surface area contributed by atoms with E-state index >= 15 is 0 Å². The molecule has 0 radical (unpaired) electrons. The minimum Gasteiger partial charge on any atom is -0.371 e. The molecule has 2 rings (SSSR count). The number of sulfonamides is 1. The van der Waals surface area contributed by atoms with E-state index in [-0.39, 0.29) is 11.8 Å². The Bertz CT molecular complexity index is 647. The number of nitrogens with one attached hydrogen (secondary N) is 1. The molecule has 0 aromatic heterocycles. The maximum absolute atomic E-state index is 11.6. The number of halogens is 1. The maximum Gasteiger partial charge on any atom is 0.211 e. The number of nitriles is 1. The number of rotatable bonds is 4. The minimum atomic E-state index is -3.13. The van der Waals surface area contributed by atoms with Crippen LogP contribution in [-0.4, -0.2) is 33.3 Å². The van der Waals surface area contributed by atoms with E-state index in [4.69, 9.17) is 5.26 Å². The molecule has 1 heterocycles. The van der Waals surface area contributed by atoms with Gasteiger partial charge in [0.25, 0.3) is 0 Å². The van der Waals surface area contributed by atoms with E-state index in [0.717, 1.165) is 36.1 Å². The number of hydrogen-bond donors (Lipinski definition) is 1. The lowest BCUT2D eigenvalue weighted by Crippen LogP contribution is -2.45. The highest BCUT2D eigenvalue weighted by atomic mass is 79.9. The molecule has 1 aromatic rings. The second-order valence-corrected chi connectivity index (χ2v) is 7.96. The molecule has 0 unspecified atom stereocenters. The normalized spacial score (nSPS) is 16.7. The molecule has 0 bridgehead atoms. The molecular formula is C14H18BrN3O2S. The van der Waals surface area contributed by atoms with E-state index in [2.05, 4.69) is 31.6 Å². The first-order chi connectivity index (χ1) is 9.95. The van der Waals surface area contributed by atoms with Gasteiger partial charge in [0, 0.05) is 23.6 Å². The van der Waals surface area contributed by atoms with Gasteiger partial charge in [-0.25, -0.2) is 13.1 Å². The van der Waals surface area contributed by atoms with E-state index in [0.29, 0.717) is 5.56 Å². The summed E-state index contributed by atoms with van der Waals surface area (Å²) in [5, 5.41) is 8.88. The van der Waals surface area contributed by atoms with Crippen LogP contribution in [-0.2, 0) is 10.0 Å². The molecule has 0 atom stereocenters. The first-order valence-electron chi connectivity index (χ1n) is 6.90. The summed E-state index contributed by atoms with van der Waals surface area (Å²) in [6.45, 7) is 3.23. The molecule has 1 aromatic carbocycles. The van der Waals surface area contributed by atoms with Crippen LogP contribution in [0.15, 0.2) is 22.7 Å². The van der Waals surface area contributed by atoms with Crippen molar-refractivity contribution in [1.29, 1.82) is 5.26 Å². The van der Waals surface area contributed by atoms with Gasteiger partial charge in [0.2, 0.25) is 10.0 Å². The SMILES string of the molecule is CCS(=O)(=O)NC1CCN(c2ccc(C#N)cc2Br)CC1. The van der Waals surface area contributed by atoms with Crippen LogP contribution < -0.4 is 9.62 Å². The molecule has 0 aliphatic carbocycles. The van der Waals surface area contributed by atoms with Crippen LogP contribution in [0.25, 0.3) is 0 Å². The van der Waals surface area contributed by atoms with Crippen molar-refractivity contribution in [1.82, 2.24) is 4.72 Å². The Morgan fingerprint density at radius 3 is 2.62 bits per heavy atom. The molecule has 1 aliphatic heterocycles. The Balaban J connectivity index is 2.00. The second-order valence-electron chi connectivity index (χ2n) is 5.06. The van der Waals surface area contributed by atoms with Crippen molar-refractivity contribution in [2.75, 3.05) is 23.7 Å². The fraction of sp³-hybridized carbons (Fsp3) is 0.500. The van der Waals surface area contributed by atoms with Crippen LogP contribution in [0.2, 0.25) is 0 Å². The molecule has 1 N–H and O–H groups in total. The van der Waals surface area contributed by atoms with Gasteiger partial charge >= 0.3 is 0 Å². The van der Waals surface area contributed by atoms with Gasteiger partial charge in [-0.3, -0.25) is 0 Å². The molecule has 0 amide bonds. The van der Waals surface area contributed by atoms with E-state index in [1.165, 1.54) is 0 Å². The number of benzene rings is 1. The maximum atomic E-state index is 11.6. The van der Waals surface area contributed by atoms with Crippen molar-refractivity contribution in [2.45, 2.75) is 25.8 Å². The summed E-state index contributed by atoms with van der Waals surface area (Å²) >= 11 is 3.49. The Morgan fingerprint density at radius 1 is 1.43 bits per heavy atom. The molecule has 1 saturated heterocycles. The van der Waals surface area contributed by atoms with Crippen LogP contribution in [0.3, 0.4) is 0 Å². The standard InChI is InChI=1S/C14H18BrN3O2S/c1-2-21(19,20)17-12-5-7-18(8-6-12)14-4-3-11(10-16)9-13(14)15/h3-4,9,12,17H,2,5-8H2,1H3. The van der Waals surface area contributed by atoms with Gasteiger partial charge in [-0.05, 0) is 53.9 Å². The van der Waals surface area contributed by atoms with Crippen molar-refractivity contribution in [3.63, 3.8) is 0 Å². The number of hydrogen-bond acceptors (Lipinski definition) is 4. The molecule has 1 fully saturated rings. The van der Waals surface area contributed by atoms with Gasteiger partial charge in [0.15, 0.2) is 0 Å². The Labute approximate surface area is 134 Å². The van der Waals surface area contributed by atoms with Crippen molar-refractivity contribution >= 4 is 31.6 Å². The van der Waals surface area contributed by atoms with E-state index in [9.17, 15) is 8.42 Å². The van der Waals surface area contributed by atoms with Crippen LogP contribution in [0.1, 0.15) is 25.3 Å². The minimum absolute atomic E-state index is 0.0170. The summed E-state index contributed by atoms with van der Waals surface area (Å²) in [6, 6.07) is 7.66. The molecule has 5 nitrogen and oxygen atoms in total. The largest absolute Gasteiger partial charge is 0.371 e. The first kappa shape index (κ1) is 16.3.